The second-order valence-corrected chi connectivity index (χ2v) is 7.47. The van der Waals surface area contributed by atoms with Crippen molar-refractivity contribution in [2.24, 2.45) is 0 Å². The van der Waals surface area contributed by atoms with E-state index in [1.807, 2.05) is 18.2 Å². The number of methoxy groups -OCH3 is 1. The third-order valence-electron chi connectivity index (χ3n) is 5.29. The van der Waals surface area contributed by atoms with Crippen molar-refractivity contribution in [2.75, 3.05) is 7.11 Å². The first-order valence-corrected chi connectivity index (χ1v) is 10.5. The fourth-order valence-electron chi connectivity index (χ4n) is 3.64. The van der Waals surface area contributed by atoms with Crippen molar-refractivity contribution in [3.63, 3.8) is 0 Å². The molecule has 0 atom stereocenters. The molecular weight excluding hydrogens is 423 g/mol. The maximum absolute atomic E-state index is 13.9. The normalized spacial score (nSPS) is 10.7. The lowest BCUT2D eigenvalue weighted by Crippen LogP contribution is -2.41. The van der Waals surface area contributed by atoms with Crippen LogP contribution in [-0.4, -0.2) is 28.9 Å². The highest BCUT2D eigenvalue weighted by molar-refractivity contribution is 5.95. The van der Waals surface area contributed by atoms with Gasteiger partial charge in [-0.3, -0.25) is 25.4 Å². The molecule has 0 saturated heterocycles. The number of ether oxygens (including phenoxy) is 1. The summed E-state index contributed by atoms with van der Waals surface area (Å²) in [7, 11) is 1.54. The Morgan fingerprint density at radius 2 is 1.88 bits per heavy atom. The van der Waals surface area contributed by atoms with E-state index in [4.69, 9.17) is 4.74 Å². The zero-order valence-corrected chi connectivity index (χ0v) is 18.0. The molecule has 3 N–H and O–H groups in total. The van der Waals surface area contributed by atoms with Gasteiger partial charge in [0.25, 0.3) is 5.91 Å². The van der Waals surface area contributed by atoms with Gasteiger partial charge >= 0.3 is 0 Å². The highest BCUT2D eigenvalue weighted by Crippen LogP contribution is 2.31. The average Bonchev–Trinajstić information content (AvgIpc) is 3.20. The van der Waals surface area contributed by atoms with Crippen molar-refractivity contribution in [2.45, 2.75) is 19.3 Å². The maximum atomic E-state index is 13.9. The molecule has 0 spiro atoms. The Morgan fingerprint density at radius 3 is 2.61 bits per heavy atom. The molecule has 2 amide bonds. The summed E-state index contributed by atoms with van der Waals surface area (Å²) in [6.45, 7) is 0. The summed E-state index contributed by atoms with van der Waals surface area (Å²) in [5.41, 5.74) is 8.51. The number of benzene rings is 2. The molecule has 0 bridgehead atoms. The van der Waals surface area contributed by atoms with Crippen molar-refractivity contribution in [1.82, 2.24) is 20.8 Å². The van der Waals surface area contributed by atoms with Crippen LogP contribution in [0.25, 0.3) is 22.3 Å². The number of nitrogens with zero attached hydrogens (tertiary/aromatic N) is 1. The number of aryl methyl sites for hydroxylation is 1. The van der Waals surface area contributed by atoms with Crippen molar-refractivity contribution in [1.29, 1.82) is 0 Å². The molecule has 2 heterocycles. The Balaban J connectivity index is 1.38. The fourth-order valence-corrected chi connectivity index (χ4v) is 3.64. The van der Waals surface area contributed by atoms with E-state index in [9.17, 15) is 14.0 Å². The Bertz CT molecular complexity index is 1270. The number of carbonyl (C=O) groups excluding carboxylic acids is 2. The highest BCUT2D eigenvalue weighted by atomic mass is 19.1. The van der Waals surface area contributed by atoms with Crippen molar-refractivity contribution >= 4 is 22.7 Å². The third-order valence-corrected chi connectivity index (χ3v) is 5.29. The number of halogens is 1. The van der Waals surface area contributed by atoms with Crippen LogP contribution in [0, 0.1) is 5.82 Å². The fraction of sp³-hybridized carbons (Fsp3) is 0.160. The molecule has 4 rings (SSSR count). The maximum Gasteiger partial charge on any atom is 0.269 e. The van der Waals surface area contributed by atoms with Gasteiger partial charge in [-0.05, 0) is 73.0 Å². The standard InChI is InChI=1S/C25H23FN4O3/c1-33-18-11-8-16(9-12-18)25(32)30-29-23(31)7-4-5-19-20-15-17(26)10-13-21(20)28-24(19)22-6-2-3-14-27-22/h2-3,6,8-15,28H,4-5,7H2,1H3,(H,29,31)(H,30,32). The van der Waals surface area contributed by atoms with Crippen LogP contribution in [0.1, 0.15) is 28.8 Å². The Kier molecular flexibility index (Phi) is 6.64. The van der Waals surface area contributed by atoms with Crippen LogP contribution in [0.5, 0.6) is 5.75 Å². The summed E-state index contributed by atoms with van der Waals surface area (Å²) < 4.78 is 19.0. The van der Waals surface area contributed by atoms with Crippen molar-refractivity contribution in [3.05, 3.63) is 83.8 Å². The molecule has 0 aliphatic carbocycles. The van der Waals surface area contributed by atoms with E-state index < -0.39 is 5.91 Å². The van der Waals surface area contributed by atoms with Crippen molar-refractivity contribution in [3.8, 4) is 17.1 Å². The van der Waals surface area contributed by atoms with Crippen LogP contribution in [0.2, 0.25) is 0 Å². The van der Waals surface area contributed by atoms with Crippen LogP contribution < -0.4 is 15.6 Å². The second-order valence-electron chi connectivity index (χ2n) is 7.47. The lowest BCUT2D eigenvalue weighted by atomic mass is 10.0. The molecule has 8 heteroatoms. The number of nitrogens with one attached hydrogen (secondary N) is 3. The van der Waals surface area contributed by atoms with Gasteiger partial charge in [-0.1, -0.05) is 6.07 Å². The van der Waals surface area contributed by atoms with Crippen LogP contribution in [0.4, 0.5) is 4.39 Å². The molecule has 168 valence electrons. The lowest BCUT2D eigenvalue weighted by molar-refractivity contribution is -0.121. The van der Waals surface area contributed by atoms with Gasteiger partial charge in [-0.15, -0.1) is 0 Å². The molecule has 4 aromatic rings. The van der Waals surface area contributed by atoms with E-state index in [-0.39, 0.29) is 18.1 Å². The van der Waals surface area contributed by atoms with Crippen LogP contribution >= 0.6 is 0 Å². The van der Waals surface area contributed by atoms with Gasteiger partial charge in [-0.2, -0.15) is 0 Å². The van der Waals surface area contributed by atoms with Crippen LogP contribution in [0.15, 0.2) is 66.9 Å². The van der Waals surface area contributed by atoms with Crippen molar-refractivity contribution < 1.29 is 18.7 Å². The summed E-state index contributed by atoms with van der Waals surface area (Å²) in [6.07, 6.45) is 2.93. The molecule has 7 nitrogen and oxygen atoms in total. The number of hydrogen-bond acceptors (Lipinski definition) is 4. The predicted molar refractivity (Wildman–Crippen MR) is 123 cm³/mol. The smallest absolute Gasteiger partial charge is 0.269 e. The largest absolute Gasteiger partial charge is 0.497 e. The predicted octanol–water partition coefficient (Wildman–Crippen LogP) is 4.16. The number of fused-ring (bicyclic) bond motifs is 1. The quantitative estimate of drug-likeness (QED) is 0.372. The van der Waals surface area contributed by atoms with Gasteiger partial charge in [0.1, 0.15) is 11.6 Å². The molecule has 0 aliphatic rings. The molecule has 0 saturated carbocycles. The van der Waals surface area contributed by atoms with Gasteiger partial charge in [0, 0.05) is 29.1 Å². The first-order chi connectivity index (χ1) is 16.0. The number of aromatic amines is 1. The zero-order valence-electron chi connectivity index (χ0n) is 18.0. The summed E-state index contributed by atoms with van der Waals surface area (Å²) in [5, 5.41) is 0.767. The summed E-state index contributed by atoms with van der Waals surface area (Å²) in [6, 6.07) is 16.7. The number of rotatable bonds is 7. The number of amides is 2. The van der Waals surface area contributed by atoms with E-state index >= 15 is 0 Å². The number of pyridine rings is 1. The van der Waals surface area contributed by atoms with E-state index in [0.717, 1.165) is 27.9 Å². The van der Waals surface area contributed by atoms with Crippen LogP contribution in [0.3, 0.4) is 0 Å². The molecule has 0 radical (unpaired) electrons. The number of hydrogen-bond donors (Lipinski definition) is 3. The van der Waals surface area contributed by atoms with Gasteiger partial charge in [0.05, 0.1) is 18.5 Å². The molecular formula is C25H23FN4O3. The second kappa shape index (κ2) is 9.95. The molecule has 0 aliphatic heterocycles. The van der Waals surface area contributed by atoms with Gasteiger partial charge in [0.2, 0.25) is 5.91 Å². The minimum Gasteiger partial charge on any atom is -0.497 e. The van der Waals surface area contributed by atoms with Gasteiger partial charge < -0.3 is 9.72 Å². The SMILES string of the molecule is COc1ccc(C(=O)NNC(=O)CCCc2c(-c3ccccn3)[nH]c3ccc(F)cc23)cc1. The van der Waals surface area contributed by atoms with E-state index in [2.05, 4.69) is 20.8 Å². The third kappa shape index (κ3) is 5.17. The highest BCUT2D eigenvalue weighted by Gasteiger charge is 2.15. The lowest BCUT2D eigenvalue weighted by Gasteiger charge is -2.08. The molecule has 0 fully saturated rings. The minimum atomic E-state index is -0.421. The summed E-state index contributed by atoms with van der Waals surface area (Å²) in [4.78, 5) is 32.1. The molecule has 2 aromatic heterocycles. The van der Waals surface area contributed by atoms with Crippen LogP contribution in [-0.2, 0) is 11.2 Å². The van der Waals surface area contributed by atoms with E-state index in [1.165, 1.54) is 12.1 Å². The summed E-state index contributed by atoms with van der Waals surface area (Å²) in [5.74, 6) is -0.426. The Morgan fingerprint density at radius 1 is 1.06 bits per heavy atom. The molecule has 0 unspecified atom stereocenters. The Hall–Kier alpha value is -4.20. The van der Waals surface area contributed by atoms with E-state index in [1.54, 1.807) is 43.6 Å². The van der Waals surface area contributed by atoms with Gasteiger partial charge in [0.15, 0.2) is 0 Å². The molecule has 33 heavy (non-hydrogen) atoms. The average molecular weight is 446 g/mol. The number of H-pyrrole nitrogens is 1. The van der Waals surface area contributed by atoms with Gasteiger partial charge in [-0.25, -0.2) is 4.39 Å². The number of aromatic nitrogens is 2. The number of hydrazine groups is 1. The number of carbonyl (C=O) groups is 2. The monoisotopic (exact) mass is 446 g/mol. The Labute approximate surface area is 190 Å². The first-order valence-electron chi connectivity index (χ1n) is 10.5. The van der Waals surface area contributed by atoms with E-state index in [0.29, 0.717) is 24.2 Å². The topological polar surface area (TPSA) is 96.1 Å². The minimum absolute atomic E-state index is 0.187. The zero-order chi connectivity index (χ0) is 23.2. The first kappa shape index (κ1) is 22.0. The molecule has 2 aromatic carbocycles. The summed E-state index contributed by atoms with van der Waals surface area (Å²) >= 11 is 0.